The van der Waals surface area contributed by atoms with Crippen molar-refractivity contribution in [3.8, 4) is 0 Å². The van der Waals surface area contributed by atoms with E-state index >= 15 is 0 Å². The maximum atomic E-state index is 13.3. The van der Waals surface area contributed by atoms with Gasteiger partial charge in [-0.15, -0.1) is 0 Å². The first kappa shape index (κ1) is 14.7. The van der Waals surface area contributed by atoms with Gasteiger partial charge >= 0.3 is 0 Å². The standard InChI is InChI=1S/C18H17F2NO/c1-11(13-7-8-15(19)16(20)9-13)21-12(2)18-10-14-5-3-4-6-17(14)22-18/h3-12,21H,1-2H3. The van der Waals surface area contributed by atoms with Gasteiger partial charge in [-0.05, 0) is 43.7 Å². The first-order valence-corrected chi connectivity index (χ1v) is 7.24. The number of benzene rings is 2. The summed E-state index contributed by atoms with van der Waals surface area (Å²) in [6, 6.07) is 13.6. The van der Waals surface area contributed by atoms with Gasteiger partial charge < -0.3 is 9.73 Å². The van der Waals surface area contributed by atoms with Gasteiger partial charge in [0.25, 0.3) is 0 Å². The molecule has 2 unspecified atom stereocenters. The molecule has 0 saturated carbocycles. The maximum absolute atomic E-state index is 13.3. The van der Waals surface area contributed by atoms with Gasteiger partial charge in [0.1, 0.15) is 11.3 Å². The van der Waals surface area contributed by atoms with E-state index in [0.717, 1.165) is 22.8 Å². The van der Waals surface area contributed by atoms with Crippen molar-refractivity contribution in [2.75, 3.05) is 0 Å². The summed E-state index contributed by atoms with van der Waals surface area (Å²) < 4.78 is 32.1. The smallest absolute Gasteiger partial charge is 0.159 e. The summed E-state index contributed by atoms with van der Waals surface area (Å²) in [6.07, 6.45) is 0. The summed E-state index contributed by atoms with van der Waals surface area (Å²) in [5, 5.41) is 4.38. The van der Waals surface area contributed by atoms with Crippen LogP contribution in [0.5, 0.6) is 0 Å². The van der Waals surface area contributed by atoms with Crippen molar-refractivity contribution in [2.24, 2.45) is 0 Å². The Kier molecular flexibility index (Phi) is 3.94. The van der Waals surface area contributed by atoms with E-state index in [2.05, 4.69) is 5.32 Å². The molecule has 2 nitrogen and oxygen atoms in total. The van der Waals surface area contributed by atoms with Gasteiger partial charge in [-0.1, -0.05) is 24.3 Å². The van der Waals surface area contributed by atoms with Crippen molar-refractivity contribution in [1.29, 1.82) is 0 Å². The van der Waals surface area contributed by atoms with Crippen molar-refractivity contribution in [1.82, 2.24) is 5.32 Å². The minimum atomic E-state index is -0.832. The van der Waals surface area contributed by atoms with Crippen LogP contribution in [0.4, 0.5) is 8.78 Å². The predicted octanol–water partition coefficient (Wildman–Crippen LogP) is 5.12. The average molecular weight is 301 g/mol. The zero-order valence-electron chi connectivity index (χ0n) is 12.4. The summed E-state index contributed by atoms with van der Waals surface area (Å²) in [6.45, 7) is 3.89. The molecule has 0 saturated heterocycles. The molecular formula is C18H17F2NO. The lowest BCUT2D eigenvalue weighted by molar-refractivity contribution is 0.415. The molecule has 0 bridgehead atoms. The van der Waals surface area contributed by atoms with E-state index < -0.39 is 11.6 Å². The number of fused-ring (bicyclic) bond motifs is 1. The predicted molar refractivity (Wildman–Crippen MR) is 82.5 cm³/mol. The molecule has 3 rings (SSSR count). The number of para-hydroxylation sites is 1. The van der Waals surface area contributed by atoms with E-state index in [1.165, 1.54) is 6.07 Å². The second-order valence-electron chi connectivity index (χ2n) is 5.47. The Bertz CT molecular complexity index is 764. The van der Waals surface area contributed by atoms with E-state index in [1.807, 2.05) is 44.2 Å². The van der Waals surface area contributed by atoms with Crippen molar-refractivity contribution in [2.45, 2.75) is 25.9 Å². The van der Waals surface area contributed by atoms with Gasteiger partial charge in [0.15, 0.2) is 11.6 Å². The molecule has 0 spiro atoms. The number of halogens is 2. The van der Waals surface area contributed by atoms with Crippen molar-refractivity contribution in [3.05, 3.63) is 71.5 Å². The summed E-state index contributed by atoms with van der Waals surface area (Å²) in [7, 11) is 0. The second kappa shape index (κ2) is 5.89. The molecule has 0 amide bonds. The third-order valence-electron chi connectivity index (χ3n) is 3.82. The highest BCUT2D eigenvalue weighted by Crippen LogP contribution is 2.26. The van der Waals surface area contributed by atoms with Gasteiger partial charge in [0.05, 0.1) is 6.04 Å². The Hall–Kier alpha value is -2.20. The van der Waals surface area contributed by atoms with Crippen molar-refractivity contribution >= 4 is 11.0 Å². The molecule has 1 heterocycles. The summed E-state index contributed by atoms with van der Waals surface area (Å²) in [4.78, 5) is 0. The summed E-state index contributed by atoms with van der Waals surface area (Å²) in [5.74, 6) is -0.848. The SMILES string of the molecule is CC(NC(C)c1cc2ccccc2o1)c1ccc(F)c(F)c1. The largest absolute Gasteiger partial charge is 0.459 e. The van der Waals surface area contributed by atoms with Crippen LogP contribution in [0.25, 0.3) is 11.0 Å². The minimum Gasteiger partial charge on any atom is -0.459 e. The Morgan fingerprint density at radius 1 is 0.909 bits per heavy atom. The first-order chi connectivity index (χ1) is 10.5. The Labute approximate surface area is 127 Å². The number of hydrogen-bond donors (Lipinski definition) is 1. The monoisotopic (exact) mass is 301 g/mol. The molecule has 22 heavy (non-hydrogen) atoms. The normalized spacial score (nSPS) is 14.2. The van der Waals surface area contributed by atoms with Gasteiger partial charge in [-0.2, -0.15) is 0 Å². The number of furan rings is 1. The number of hydrogen-bond acceptors (Lipinski definition) is 2. The van der Waals surface area contributed by atoms with Crippen LogP contribution in [0.1, 0.15) is 37.3 Å². The fourth-order valence-electron chi connectivity index (χ4n) is 2.55. The molecule has 2 atom stereocenters. The van der Waals surface area contributed by atoms with E-state index in [-0.39, 0.29) is 12.1 Å². The van der Waals surface area contributed by atoms with Gasteiger partial charge in [0.2, 0.25) is 0 Å². The maximum Gasteiger partial charge on any atom is 0.159 e. The number of rotatable bonds is 4. The van der Waals surface area contributed by atoms with Gasteiger partial charge in [-0.3, -0.25) is 0 Å². The summed E-state index contributed by atoms with van der Waals surface area (Å²) in [5.41, 5.74) is 1.54. The summed E-state index contributed by atoms with van der Waals surface area (Å²) >= 11 is 0. The highest BCUT2D eigenvalue weighted by atomic mass is 19.2. The third-order valence-corrected chi connectivity index (χ3v) is 3.82. The third kappa shape index (κ3) is 2.88. The van der Waals surface area contributed by atoms with Gasteiger partial charge in [-0.25, -0.2) is 8.78 Å². The lowest BCUT2D eigenvalue weighted by Crippen LogP contribution is -2.22. The van der Waals surface area contributed by atoms with Crippen LogP contribution in [0, 0.1) is 11.6 Å². The lowest BCUT2D eigenvalue weighted by atomic mass is 10.1. The van der Waals surface area contributed by atoms with Crippen LogP contribution >= 0.6 is 0 Å². The molecule has 0 aliphatic carbocycles. The topological polar surface area (TPSA) is 25.2 Å². The van der Waals surface area contributed by atoms with Crippen molar-refractivity contribution < 1.29 is 13.2 Å². The fraction of sp³-hybridized carbons (Fsp3) is 0.222. The molecule has 114 valence electrons. The molecular weight excluding hydrogens is 284 g/mol. The zero-order chi connectivity index (χ0) is 15.7. The van der Waals surface area contributed by atoms with Gasteiger partial charge in [0, 0.05) is 11.4 Å². The molecule has 1 aromatic heterocycles. The van der Waals surface area contributed by atoms with E-state index in [0.29, 0.717) is 5.56 Å². The van der Waals surface area contributed by atoms with E-state index in [1.54, 1.807) is 6.07 Å². The van der Waals surface area contributed by atoms with Crippen molar-refractivity contribution in [3.63, 3.8) is 0 Å². The molecule has 0 aliphatic rings. The first-order valence-electron chi connectivity index (χ1n) is 7.24. The second-order valence-corrected chi connectivity index (χ2v) is 5.47. The van der Waals surface area contributed by atoms with Crippen LogP contribution in [0.15, 0.2) is 52.9 Å². The minimum absolute atomic E-state index is 0.0458. The average Bonchev–Trinajstić information content (AvgIpc) is 2.94. The molecule has 1 N–H and O–H groups in total. The van der Waals surface area contributed by atoms with Crippen LogP contribution < -0.4 is 5.32 Å². The Morgan fingerprint density at radius 2 is 1.68 bits per heavy atom. The highest BCUT2D eigenvalue weighted by molar-refractivity contribution is 5.77. The Balaban J connectivity index is 1.77. The fourth-order valence-corrected chi connectivity index (χ4v) is 2.55. The van der Waals surface area contributed by atoms with Crippen LogP contribution in [0.2, 0.25) is 0 Å². The Morgan fingerprint density at radius 3 is 2.41 bits per heavy atom. The molecule has 0 fully saturated rings. The molecule has 3 aromatic rings. The molecule has 0 radical (unpaired) electrons. The molecule has 0 aliphatic heterocycles. The quantitative estimate of drug-likeness (QED) is 0.723. The van der Waals surface area contributed by atoms with Crippen LogP contribution in [-0.2, 0) is 0 Å². The van der Waals surface area contributed by atoms with Crippen LogP contribution in [0.3, 0.4) is 0 Å². The molecule has 2 aromatic carbocycles. The van der Waals surface area contributed by atoms with E-state index in [4.69, 9.17) is 4.42 Å². The lowest BCUT2D eigenvalue weighted by Gasteiger charge is -2.19. The highest BCUT2D eigenvalue weighted by Gasteiger charge is 2.16. The zero-order valence-corrected chi connectivity index (χ0v) is 12.4. The number of nitrogens with one attached hydrogen (secondary N) is 1. The molecule has 4 heteroatoms. The van der Waals surface area contributed by atoms with Crippen LogP contribution in [-0.4, -0.2) is 0 Å². The van der Waals surface area contributed by atoms with E-state index in [9.17, 15) is 8.78 Å².